The first-order chi connectivity index (χ1) is 12.3. The van der Waals surface area contributed by atoms with Gasteiger partial charge < -0.3 is 10.6 Å². The summed E-state index contributed by atoms with van der Waals surface area (Å²) in [4.78, 5) is 16.4. The van der Waals surface area contributed by atoms with Crippen LogP contribution in [0.25, 0.3) is 0 Å². The summed E-state index contributed by atoms with van der Waals surface area (Å²) in [5.41, 5.74) is 1.22. The highest BCUT2D eigenvalue weighted by Gasteiger charge is 2.13. The molecule has 1 aliphatic rings. The second-order valence-electron chi connectivity index (χ2n) is 6.52. The van der Waals surface area contributed by atoms with Gasteiger partial charge in [0.05, 0.1) is 18.4 Å². The number of pyridine rings is 1. The number of aromatic nitrogens is 4. The Hall–Kier alpha value is -1.70. The largest absolute Gasteiger partial charge is 0.349 e. The van der Waals surface area contributed by atoms with E-state index in [1.165, 1.54) is 38.5 Å². The Kier molecular flexibility index (Phi) is 10.9. The van der Waals surface area contributed by atoms with Crippen LogP contribution < -0.4 is 10.6 Å². The topological polar surface area (TPSA) is 84.7 Å². The van der Waals surface area contributed by atoms with E-state index >= 15 is 0 Å². The average Bonchev–Trinajstić information content (AvgIpc) is 2.94. The molecule has 0 atom stereocenters. The van der Waals surface area contributed by atoms with E-state index in [1.807, 2.05) is 18.2 Å². The van der Waals surface area contributed by atoms with Crippen LogP contribution in [0, 0.1) is 0 Å². The molecule has 2 heterocycles. The van der Waals surface area contributed by atoms with Crippen LogP contribution in [-0.2, 0) is 6.54 Å². The summed E-state index contributed by atoms with van der Waals surface area (Å²) in [6.07, 6.45) is 11.2. The van der Waals surface area contributed by atoms with Gasteiger partial charge in [0.25, 0.3) is 5.91 Å². The van der Waals surface area contributed by atoms with E-state index in [0.717, 1.165) is 12.2 Å². The van der Waals surface area contributed by atoms with Crippen molar-refractivity contribution in [3.63, 3.8) is 0 Å². The predicted octanol–water partition coefficient (Wildman–Crippen LogP) is 2.61. The first-order valence-electron chi connectivity index (χ1n) is 9.13. The molecule has 2 aromatic heterocycles. The minimum Gasteiger partial charge on any atom is -0.349 e. The van der Waals surface area contributed by atoms with E-state index < -0.39 is 0 Å². The number of halogens is 2. The van der Waals surface area contributed by atoms with E-state index in [4.69, 9.17) is 0 Å². The normalized spacial score (nSPS) is 14.5. The summed E-state index contributed by atoms with van der Waals surface area (Å²) in [6.45, 7) is 1.89. The average molecular weight is 415 g/mol. The molecule has 27 heavy (non-hydrogen) atoms. The van der Waals surface area contributed by atoms with Crippen molar-refractivity contribution in [2.45, 2.75) is 51.1 Å². The molecular formula is C18H28Cl2N6O. The summed E-state index contributed by atoms with van der Waals surface area (Å²) in [5.74, 6) is -0.185. The van der Waals surface area contributed by atoms with Gasteiger partial charge in [-0.05, 0) is 25.0 Å². The molecule has 1 aliphatic carbocycles. The van der Waals surface area contributed by atoms with Gasteiger partial charge in [0.2, 0.25) is 0 Å². The van der Waals surface area contributed by atoms with E-state index in [9.17, 15) is 4.79 Å². The molecule has 0 radical (unpaired) electrons. The van der Waals surface area contributed by atoms with Crippen molar-refractivity contribution in [2.24, 2.45) is 0 Å². The van der Waals surface area contributed by atoms with Crippen LogP contribution in [-0.4, -0.2) is 45.0 Å². The number of nitrogens with one attached hydrogen (secondary N) is 2. The Morgan fingerprint density at radius 3 is 2.59 bits per heavy atom. The Morgan fingerprint density at radius 2 is 1.89 bits per heavy atom. The summed E-state index contributed by atoms with van der Waals surface area (Å²) in [7, 11) is 0. The standard InChI is InChI=1S/C18H26N6O.2ClH/c25-18(21-12-11-20-15-7-3-1-2-4-8-15)17-14-24(23-22-17)13-16-9-5-6-10-19-16;;/h5-6,9-10,14-15,20H,1-4,7-8,11-13H2,(H,21,25);2*1H. The van der Waals surface area contributed by atoms with Gasteiger partial charge in [-0.25, -0.2) is 4.68 Å². The van der Waals surface area contributed by atoms with E-state index in [-0.39, 0.29) is 30.7 Å². The van der Waals surface area contributed by atoms with Gasteiger partial charge in [0, 0.05) is 25.3 Å². The first kappa shape index (κ1) is 23.3. The molecule has 3 rings (SSSR count). The number of hydrogen-bond donors (Lipinski definition) is 2. The maximum absolute atomic E-state index is 12.1. The van der Waals surface area contributed by atoms with E-state index in [1.54, 1.807) is 17.1 Å². The quantitative estimate of drug-likeness (QED) is 0.537. The molecule has 0 unspecified atom stereocenters. The van der Waals surface area contributed by atoms with Crippen molar-refractivity contribution in [3.05, 3.63) is 42.0 Å². The Bertz CT molecular complexity index is 659. The minimum atomic E-state index is -0.185. The summed E-state index contributed by atoms with van der Waals surface area (Å²) in [5, 5.41) is 14.4. The van der Waals surface area contributed by atoms with Crippen molar-refractivity contribution >= 4 is 30.7 Å². The summed E-state index contributed by atoms with van der Waals surface area (Å²) in [6, 6.07) is 6.31. The highest BCUT2D eigenvalue weighted by molar-refractivity contribution is 5.91. The van der Waals surface area contributed by atoms with Crippen molar-refractivity contribution in [3.8, 4) is 0 Å². The number of amides is 1. The minimum absolute atomic E-state index is 0. The maximum Gasteiger partial charge on any atom is 0.273 e. The molecule has 2 N–H and O–H groups in total. The van der Waals surface area contributed by atoms with Crippen molar-refractivity contribution < 1.29 is 4.79 Å². The lowest BCUT2D eigenvalue weighted by Crippen LogP contribution is -2.37. The first-order valence-corrected chi connectivity index (χ1v) is 9.13. The predicted molar refractivity (Wildman–Crippen MR) is 110 cm³/mol. The monoisotopic (exact) mass is 414 g/mol. The van der Waals surface area contributed by atoms with Gasteiger partial charge in [0.15, 0.2) is 5.69 Å². The molecule has 0 bridgehead atoms. The second kappa shape index (κ2) is 12.6. The zero-order valence-corrected chi connectivity index (χ0v) is 17.0. The Labute approximate surface area is 172 Å². The molecule has 0 saturated heterocycles. The third kappa shape index (κ3) is 7.82. The van der Waals surface area contributed by atoms with Gasteiger partial charge in [-0.15, -0.1) is 29.9 Å². The van der Waals surface area contributed by atoms with Crippen LogP contribution in [0.2, 0.25) is 0 Å². The molecule has 7 nitrogen and oxygen atoms in total. The fourth-order valence-corrected chi connectivity index (χ4v) is 3.16. The molecule has 2 aromatic rings. The van der Waals surface area contributed by atoms with Crippen LogP contribution >= 0.6 is 24.8 Å². The molecule has 0 aliphatic heterocycles. The highest BCUT2D eigenvalue weighted by atomic mass is 35.5. The summed E-state index contributed by atoms with van der Waals surface area (Å²) >= 11 is 0. The number of nitrogens with zero attached hydrogens (tertiary/aromatic N) is 4. The van der Waals surface area contributed by atoms with Gasteiger partial charge >= 0.3 is 0 Å². The van der Waals surface area contributed by atoms with Crippen LogP contribution in [0.3, 0.4) is 0 Å². The number of carbonyl (C=O) groups is 1. The van der Waals surface area contributed by atoms with Crippen molar-refractivity contribution in [1.82, 2.24) is 30.6 Å². The number of carbonyl (C=O) groups excluding carboxylic acids is 1. The third-order valence-corrected chi connectivity index (χ3v) is 4.52. The third-order valence-electron chi connectivity index (χ3n) is 4.52. The van der Waals surface area contributed by atoms with Crippen LogP contribution in [0.4, 0.5) is 0 Å². The molecule has 1 saturated carbocycles. The Balaban J connectivity index is 0.00000182. The van der Waals surface area contributed by atoms with Crippen molar-refractivity contribution in [1.29, 1.82) is 0 Å². The van der Waals surface area contributed by atoms with E-state index in [2.05, 4.69) is 25.9 Å². The lowest BCUT2D eigenvalue weighted by molar-refractivity contribution is 0.0948. The van der Waals surface area contributed by atoms with Crippen molar-refractivity contribution in [2.75, 3.05) is 13.1 Å². The zero-order valence-electron chi connectivity index (χ0n) is 15.3. The van der Waals surface area contributed by atoms with Crippen LogP contribution in [0.1, 0.15) is 54.7 Å². The van der Waals surface area contributed by atoms with Crippen LogP contribution in [0.5, 0.6) is 0 Å². The molecule has 9 heteroatoms. The van der Waals surface area contributed by atoms with Gasteiger partial charge in [-0.2, -0.15) is 0 Å². The maximum atomic E-state index is 12.1. The van der Waals surface area contributed by atoms with Gasteiger partial charge in [-0.1, -0.05) is 37.0 Å². The fraction of sp³-hybridized carbons (Fsp3) is 0.556. The Morgan fingerprint density at radius 1 is 1.11 bits per heavy atom. The van der Waals surface area contributed by atoms with Gasteiger partial charge in [0.1, 0.15) is 0 Å². The zero-order chi connectivity index (χ0) is 17.3. The number of hydrogen-bond acceptors (Lipinski definition) is 5. The van der Waals surface area contributed by atoms with Crippen LogP contribution in [0.15, 0.2) is 30.6 Å². The second-order valence-corrected chi connectivity index (χ2v) is 6.52. The smallest absolute Gasteiger partial charge is 0.273 e. The van der Waals surface area contributed by atoms with E-state index in [0.29, 0.717) is 24.8 Å². The summed E-state index contributed by atoms with van der Waals surface area (Å²) < 4.78 is 1.63. The molecule has 1 amide bonds. The highest BCUT2D eigenvalue weighted by Crippen LogP contribution is 2.16. The lowest BCUT2D eigenvalue weighted by atomic mass is 10.1. The number of rotatable bonds is 7. The fourth-order valence-electron chi connectivity index (χ4n) is 3.16. The molecule has 0 aromatic carbocycles. The molecule has 0 spiro atoms. The lowest BCUT2D eigenvalue weighted by Gasteiger charge is -2.16. The molecular weight excluding hydrogens is 387 g/mol. The molecule has 1 fully saturated rings. The molecule has 150 valence electrons. The SMILES string of the molecule is Cl.Cl.O=C(NCCNC1CCCCCC1)c1cn(Cc2ccccn2)nn1. The van der Waals surface area contributed by atoms with Gasteiger partial charge in [-0.3, -0.25) is 9.78 Å².